The lowest BCUT2D eigenvalue weighted by molar-refractivity contribution is 0.239. The van der Waals surface area contributed by atoms with Crippen LogP contribution in [0, 0.1) is 0 Å². The van der Waals surface area contributed by atoms with Crippen molar-refractivity contribution in [3.8, 4) is 0 Å². The maximum atomic E-state index is 6.18. The molecule has 0 amide bonds. The largest absolute Gasteiger partial charge is 0.577 e. The quantitative estimate of drug-likeness (QED) is 0.728. The fraction of sp³-hybridized carbons (Fsp3) is 0.500. The highest BCUT2D eigenvalue weighted by Crippen LogP contribution is 2.08. The molecule has 98 valence electrons. The third kappa shape index (κ3) is 2.08. The van der Waals surface area contributed by atoms with Crippen molar-refractivity contribution in [2.24, 2.45) is 14.1 Å². The van der Waals surface area contributed by atoms with Gasteiger partial charge in [-0.3, -0.25) is 9.97 Å². The number of hydrogen-bond acceptors (Lipinski definition) is 3. The average molecular weight is 247 g/mol. The second-order valence-corrected chi connectivity index (χ2v) is 5.17. The predicted molar refractivity (Wildman–Crippen MR) is 73.5 cm³/mol. The Labute approximate surface area is 108 Å². The first-order valence-corrected chi connectivity index (χ1v) is 6.27. The lowest BCUT2D eigenvalue weighted by atomic mass is 9.40. The van der Waals surface area contributed by atoms with Crippen LogP contribution in [0.4, 0.5) is 0 Å². The van der Waals surface area contributed by atoms with Crippen LogP contribution in [-0.4, -0.2) is 31.6 Å². The Morgan fingerprint density at radius 1 is 1.06 bits per heavy atom. The summed E-state index contributed by atoms with van der Waals surface area (Å²) in [6.45, 7) is 6.14. The Bertz CT molecular complexity index is 491. The van der Waals surface area contributed by atoms with Gasteiger partial charge in [0.2, 0.25) is 6.35 Å². The third-order valence-electron chi connectivity index (χ3n) is 3.25. The summed E-state index contributed by atoms with van der Waals surface area (Å²) in [5, 5.41) is 0. The van der Waals surface area contributed by atoms with E-state index in [2.05, 4.69) is 16.8 Å². The van der Waals surface area contributed by atoms with Crippen LogP contribution in [0.1, 0.15) is 13.8 Å². The summed E-state index contributed by atoms with van der Waals surface area (Å²) in [6.07, 6.45) is 6.15. The summed E-state index contributed by atoms with van der Waals surface area (Å²) in [5.74, 6) is 0. The van der Waals surface area contributed by atoms with Crippen LogP contribution in [0.2, 0.25) is 6.82 Å². The highest BCUT2D eigenvalue weighted by Gasteiger charge is 2.32. The predicted octanol–water partition coefficient (Wildman–Crippen LogP) is 0.268. The molecule has 0 saturated heterocycles. The molecule has 0 atom stereocenters. The number of nitrogens with zero attached hydrogens (tertiary/aromatic N) is 4. The fourth-order valence-corrected chi connectivity index (χ4v) is 2.60. The van der Waals surface area contributed by atoms with E-state index in [1.807, 2.05) is 49.5 Å². The highest BCUT2D eigenvalue weighted by atomic mass is 16.5. The van der Waals surface area contributed by atoms with Crippen LogP contribution in [0.15, 0.2) is 24.8 Å². The number of hydrogen-bond donors (Lipinski definition) is 0. The van der Waals surface area contributed by atoms with E-state index in [1.54, 1.807) is 12.4 Å². The van der Waals surface area contributed by atoms with Gasteiger partial charge in [-0.05, 0) is 25.3 Å². The second kappa shape index (κ2) is 4.61. The van der Waals surface area contributed by atoms with Crippen molar-refractivity contribution < 1.29 is 4.65 Å². The summed E-state index contributed by atoms with van der Waals surface area (Å²) < 4.78 is 10.2. The molecule has 0 aliphatic rings. The van der Waals surface area contributed by atoms with Gasteiger partial charge in [-0.25, -0.2) is 0 Å². The van der Waals surface area contributed by atoms with Gasteiger partial charge in [0.1, 0.15) is 0 Å². The third-order valence-corrected chi connectivity index (χ3v) is 3.25. The summed E-state index contributed by atoms with van der Waals surface area (Å²) in [5.41, 5.74) is 1.83. The van der Waals surface area contributed by atoms with Gasteiger partial charge in [0.15, 0.2) is 0 Å². The minimum absolute atomic E-state index is 0.114. The Hall–Kier alpha value is -1.56. The number of aryl methyl sites for hydroxylation is 2. The molecule has 5 nitrogen and oxygen atoms in total. The number of aromatic nitrogens is 4. The van der Waals surface area contributed by atoms with E-state index in [0.717, 1.165) is 11.4 Å². The maximum Gasteiger partial charge on any atom is 0.241 e. The van der Waals surface area contributed by atoms with Crippen LogP contribution in [0.3, 0.4) is 0 Å². The van der Waals surface area contributed by atoms with E-state index in [9.17, 15) is 0 Å². The molecular weight excluding hydrogens is 227 g/mol. The van der Waals surface area contributed by atoms with Crippen LogP contribution >= 0.6 is 0 Å². The topological polar surface area (TPSA) is 44.9 Å². The van der Waals surface area contributed by atoms with Crippen LogP contribution in [0.25, 0.3) is 0 Å². The van der Waals surface area contributed by atoms with Gasteiger partial charge in [0.05, 0.1) is 0 Å². The Morgan fingerprint density at radius 3 is 1.78 bits per heavy atom. The SMILES string of the molecule is CC(C)O[B-](C)(c1nccn1C)c1nccn1C. The normalized spacial score (nSPS) is 12.3. The van der Waals surface area contributed by atoms with E-state index in [4.69, 9.17) is 4.65 Å². The highest BCUT2D eigenvalue weighted by molar-refractivity contribution is 6.94. The first-order chi connectivity index (χ1) is 8.45. The summed E-state index contributed by atoms with van der Waals surface area (Å²) >= 11 is 0. The van der Waals surface area contributed by atoms with Crippen molar-refractivity contribution in [2.75, 3.05) is 0 Å². The fourth-order valence-electron chi connectivity index (χ4n) is 2.60. The zero-order valence-corrected chi connectivity index (χ0v) is 11.7. The van der Waals surface area contributed by atoms with Crippen molar-refractivity contribution in [1.82, 2.24) is 19.1 Å². The molecule has 2 rings (SSSR count). The molecule has 2 heterocycles. The van der Waals surface area contributed by atoms with Crippen molar-refractivity contribution >= 4 is 17.8 Å². The smallest absolute Gasteiger partial charge is 0.241 e. The van der Waals surface area contributed by atoms with Crippen molar-refractivity contribution in [3.63, 3.8) is 0 Å². The molecule has 2 aromatic rings. The summed E-state index contributed by atoms with van der Waals surface area (Å²) in [7, 11) is 3.96. The molecule has 0 radical (unpaired) electrons. The molecule has 0 aliphatic heterocycles. The Balaban J connectivity index is 2.55. The van der Waals surface area contributed by atoms with Gasteiger partial charge in [-0.2, -0.15) is 6.82 Å². The van der Waals surface area contributed by atoms with Gasteiger partial charge < -0.3 is 13.8 Å². The van der Waals surface area contributed by atoms with Gasteiger partial charge in [0.25, 0.3) is 0 Å². The van der Waals surface area contributed by atoms with E-state index in [0.29, 0.717) is 0 Å². The van der Waals surface area contributed by atoms with Gasteiger partial charge in [-0.1, -0.05) is 0 Å². The molecule has 2 aromatic heterocycles. The molecule has 0 fully saturated rings. The average Bonchev–Trinajstić information content (AvgIpc) is 2.86. The lowest BCUT2D eigenvalue weighted by Gasteiger charge is -2.38. The van der Waals surface area contributed by atoms with Gasteiger partial charge in [0, 0.05) is 45.0 Å². The second-order valence-electron chi connectivity index (χ2n) is 5.17. The van der Waals surface area contributed by atoms with E-state index >= 15 is 0 Å². The molecule has 6 heteroatoms. The van der Waals surface area contributed by atoms with Crippen molar-refractivity contribution in [3.05, 3.63) is 24.8 Å². The standard InChI is InChI=1S/C12H20BN4O/c1-10(2)18-13(3,11-14-6-8-16(11)4)12-15-7-9-17(12)5/h6-10H,1-5H3/q-1. The van der Waals surface area contributed by atoms with Crippen LogP contribution in [0.5, 0.6) is 0 Å². The summed E-state index contributed by atoms with van der Waals surface area (Å²) in [4.78, 5) is 8.90. The molecule has 0 bridgehead atoms. The first kappa shape index (κ1) is 12.9. The minimum Gasteiger partial charge on any atom is -0.577 e. The van der Waals surface area contributed by atoms with Gasteiger partial charge >= 0.3 is 0 Å². The Morgan fingerprint density at radius 2 is 1.50 bits per heavy atom. The zero-order chi connectivity index (χ0) is 13.3. The van der Waals surface area contributed by atoms with Crippen molar-refractivity contribution in [2.45, 2.75) is 26.8 Å². The number of rotatable bonds is 4. The Kier molecular flexibility index (Phi) is 3.30. The molecule has 18 heavy (non-hydrogen) atoms. The molecular formula is C12H20BN4O-. The monoisotopic (exact) mass is 247 g/mol. The lowest BCUT2D eigenvalue weighted by Crippen LogP contribution is -2.65. The molecule has 0 saturated carbocycles. The molecule has 0 aromatic carbocycles. The van der Waals surface area contributed by atoms with E-state index < -0.39 is 6.35 Å². The first-order valence-electron chi connectivity index (χ1n) is 6.27. The zero-order valence-electron chi connectivity index (χ0n) is 11.7. The molecule has 0 aliphatic carbocycles. The van der Waals surface area contributed by atoms with Crippen LogP contribution in [-0.2, 0) is 18.7 Å². The van der Waals surface area contributed by atoms with E-state index in [1.165, 1.54) is 0 Å². The molecule has 0 N–H and O–H groups in total. The molecule has 0 spiro atoms. The number of imidazole rings is 2. The van der Waals surface area contributed by atoms with Crippen LogP contribution < -0.4 is 11.4 Å². The van der Waals surface area contributed by atoms with Crippen molar-refractivity contribution in [1.29, 1.82) is 0 Å². The van der Waals surface area contributed by atoms with Gasteiger partial charge in [-0.15, -0.1) is 0 Å². The minimum atomic E-state index is -1.41. The van der Waals surface area contributed by atoms with E-state index in [-0.39, 0.29) is 6.10 Å². The maximum absolute atomic E-state index is 6.18. The molecule has 0 unspecified atom stereocenters. The summed E-state index contributed by atoms with van der Waals surface area (Å²) in [6, 6.07) is 0.